The van der Waals surface area contributed by atoms with E-state index < -0.39 is 0 Å². The molecule has 0 aliphatic carbocycles. The number of hydrogen-bond acceptors (Lipinski definition) is 3. The topological polar surface area (TPSA) is 55.0 Å². The Morgan fingerprint density at radius 2 is 2.00 bits per heavy atom. The molecular weight excluding hydrogens is 252 g/mol. The number of aromatic amines is 1. The highest BCUT2D eigenvalue weighted by molar-refractivity contribution is 5.98. The highest BCUT2D eigenvalue weighted by Gasteiger charge is 2.17. The van der Waals surface area contributed by atoms with Crippen molar-refractivity contribution >= 4 is 10.9 Å². The number of fused-ring (bicyclic) bond motifs is 1. The number of H-pyrrole nitrogens is 1. The molecule has 0 saturated heterocycles. The predicted octanol–water partition coefficient (Wildman–Crippen LogP) is 2.91. The number of aromatic nitrogens is 2. The predicted molar refractivity (Wildman–Crippen MR) is 79.1 cm³/mol. The second kappa shape index (κ2) is 4.81. The standard InChI is InChI=1S/C16H14N2O2/c1-10-6-5-8-12-13(10)14(11-7-3-4-9-17-11)15(20-2)16(19)18-12/h3-9H,1-2H3,(H,18,19). The smallest absolute Gasteiger partial charge is 0.291 e. The Hall–Kier alpha value is -2.62. The molecule has 2 aromatic heterocycles. The number of ether oxygens (including phenoxy) is 1. The van der Waals surface area contributed by atoms with Crippen LogP contribution in [0.4, 0.5) is 0 Å². The van der Waals surface area contributed by atoms with Crippen LogP contribution in [-0.4, -0.2) is 17.1 Å². The Morgan fingerprint density at radius 3 is 2.70 bits per heavy atom. The molecule has 3 rings (SSSR count). The zero-order valence-electron chi connectivity index (χ0n) is 11.3. The number of nitrogens with one attached hydrogen (secondary N) is 1. The van der Waals surface area contributed by atoms with Crippen LogP contribution >= 0.6 is 0 Å². The van der Waals surface area contributed by atoms with Crippen molar-refractivity contribution in [2.45, 2.75) is 6.92 Å². The van der Waals surface area contributed by atoms with E-state index in [1.165, 1.54) is 7.11 Å². The maximum Gasteiger partial charge on any atom is 0.291 e. The molecule has 0 radical (unpaired) electrons. The van der Waals surface area contributed by atoms with Gasteiger partial charge in [-0.05, 0) is 30.7 Å². The zero-order valence-corrected chi connectivity index (χ0v) is 11.3. The van der Waals surface area contributed by atoms with Crippen LogP contribution in [0.25, 0.3) is 22.2 Å². The van der Waals surface area contributed by atoms with Crippen molar-refractivity contribution in [3.05, 3.63) is 58.5 Å². The molecule has 2 heterocycles. The van der Waals surface area contributed by atoms with Gasteiger partial charge in [-0.25, -0.2) is 0 Å². The summed E-state index contributed by atoms with van der Waals surface area (Å²) in [6.07, 6.45) is 1.71. The third kappa shape index (κ3) is 1.86. The molecule has 0 fully saturated rings. The summed E-state index contributed by atoms with van der Waals surface area (Å²) in [6.45, 7) is 2.01. The third-order valence-corrected chi connectivity index (χ3v) is 3.33. The number of rotatable bonds is 2. The molecule has 0 bridgehead atoms. The first-order valence-corrected chi connectivity index (χ1v) is 6.33. The van der Waals surface area contributed by atoms with Crippen LogP contribution in [0.5, 0.6) is 5.75 Å². The Bertz CT molecular complexity index is 823. The van der Waals surface area contributed by atoms with Gasteiger partial charge in [0.05, 0.1) is 18.4 Å². The van der Waals surface area contributed by atoms with E-state index in [0.717, 1.165) is 27.7 Å². The highest BCUT2D eigenvalue weighted by atomic mass is 16.5. The highest BCUT2D eigenvalue weighted by Crippen LogP contribution is 2.33. The number of methoxy groups -OCH3 is 1. The van der Waals surface area contributed by atoms with Gasteiger partial charge >= 0.3 is 0 Å². The second-order valence-corrected chi connectivity index (χ2v) is 4.57. The van der Waals surface area contributed by atoms with E-state index >= 15 is 0 Å². The molecule has 0 atom stereocenters. The second-order valence-electron chi connectivity index (χ2n) is 4.57. The summed E-state index contributed by atoms with van der Waals surface area (Å²) in [5.74, 6) is 0.297. The average molecular weight is 266 g/mol. The van der Waals surface area contributed by atoms with E-state index in [1.54, 1.807) is 6.20 Å². The van der Waals surface area contributed by atoms with E-state index in [2.05, 4.69) is 9.97 Å². The zero-order chi connectivity index (χ0) is 14.1. The van der Waals surface area contributed by atoms with Crippen LogP contribution in [-0.2, 0) is 0 Å². The quantitative estimate of drug-likeness (QED) is 0.776. The van der Waals surface area contributed by atoms with Crippen LogP contribution in [0.15, 0.2) is 47.4 Å². The van der Waals surface area contributed by atoms with Crippen LogP contribution in [0.3, 0.4) is 0 Å². The minimum Gasteiger partial charge on any atom is -0.491 e. The van der Waals surface area contributed by atoms with Crippen LogP contribution < -0.4 is 10.3 Å². The van der Waals surface area contributed by atoms with Crippen LogP contribution in [0, 0.1) is 6.92 Å². The number of aryl methyl sites for hydroxylation is 1. The minimum atomic E-state index is -0.244. The van der Waals surface area contributed by atoms with Gasteiger partial charge in [0.2, 0.25) is 0 Å². The van der Waals surface area contributed by atoms with Crippen molar-refractivity contribution in [1.82, 2.24) is 9.97 Å². The lowest BCUT2D eigenvalue weighted by Gasteiger charge is -2.12. The number of hydrogen-bond donors (Lipinski definition) is 1. The third-order valence-electron chi connectivity index (χ3n) is 3.33. The van der Waals surface area contributed by atoms with Crippen molar-refractivity contribution in [3.63, 3.8) is 0 Å². The molecular formula is C16H14N2O2. The molecule has 1 N–H and O–H groups in total. The van der Waals surface area contributed by atoms with Gasteiger partial charge in [-0.2, -0.15) is 0 Å². The number of pyridine rings is 2. The maximum atomic E-state index is 12.2. The molecule has 4 heteroatoms. The molecule has 20 heavy (non-hydrogen) atoms. The summed E-state index contributed by atoms with van der Waals surface area (Å²) < 4.78 is 5.31. The van der Waals surface area contributed by atoms with Crippen molar-refractivity contribution < 1.29 is 4.74 Å². The molecule has 0 aliphatic rings. The number of benzene rings is 1. The normalized spacial score (nSPS) is 10.7. The Morgan fingerprint density at radius 1 is 1.15 bits per heavy atom. The SMILES string of the molecule is COc1c(-c2ccccn2)c2c(C)cccc2[nH]c1=O. The van der Waals surface area contributed by atoms with E-state index in [0.29, 0.717) is 5.75 Å². The maximum absolute atomic E-state index is 12.2. The molecule has 0 amide bonds. The average Bonchev–Trinajstić information content (AvgIpc) is 2.47. The molecule has 3 aromatic rings. The van der Waals surface area contributed by atoms with Gasteiger partial charge in [0.1, 0.15) is 0 Å². The van der Waals surface area contributed by atoms with Crippen LogP contribution in [0.1, 0.15) is 5.56 Å². The summed E-state index contributed by atoms with van der Waals surface area (Å²) in [5.41, 5.74) is 3.08. The summed E-state index contributed by atoms with van der Waals surface area (Å²) >= 11 is 0. The first-order chi connectivity index (χ1) is 9.72. The van der Waals surface area contributed by atoms with E-state index in [-0.39, 0.29) is 5.56 Å². The molecule has 0 saturated carbocycles. The molecule has 0 unspecified atom stereocenters. The van der Waals surface area contributed by atoms with Crippen molar-refractivity contribution in [2.24, 2.45) is 0 Å². The van der Waals surface area contributed by atoms with Gasteiger partial charge in [0, 0.05) is 17.1 Å². The van der Waals surface area contributed by atoms with E-state index in [1.807, 2.05) is 43.3 Å². The molecule has 0 aliphatic heterocycles. The van der Waals surface area contributed by atoms with Gasteiger partial charge in [0.25, 0.3) is 5.56 Å². The van der Waals surface area contributed by atoms with E-state index in [9.17, 15) is 4.79 Å². The van der Waals surface area contributed by atoms with Gasteiger partial charge in [-0.15, -0.1) is 0 Å². The van der Waals surface area contributed by atoms with Gasteiger partial charge < -0.3 is 9.72 Å². The molecule has 0 spiro atoms. The Balaban J connectivity index is 2.52. The lowest BCUT2D eigenvalue weighted by molar-refractivity contribution is 0.411. The van der Waals surface area contributed by atoms with Crippen molar-refractivity contribution in [1.29, 1.82) is 0 Å². The summed E-state index contributed by atoms with van der Waals surface area (Å²) in [5, 5.41) is 0.961. The minimum absolute atomic E-state index is 0.244. The molecule has 4 nitrogen and oxygen atoms in total. The molecule has 1 aromatic carbocycles. The fraction of sp³-hybridized carbons (Fsp3) is 0.125. The summed E-state index contributed by atoms with van der Waals surface area (Å²) in [7, 11) is 1.50. The van der Waals surface area contributed by atoms with Crippen LogP contribution in [0.2, 0.25) is 0 Å². The summed E-state index contributed by atoms with van der Waals surface area (Å²) in [4.78, 5) is 19.4. The first-order valence-electron chi connectivity index (χ1n) is 6.33. The van der Waals surface area contributed by atoms with Crippen molar-refractivity contribution in [2.75, 3.05) is 7.11 Å². The van der Waals surface area contributed by atoms with Gasteiger partial charge in [-0.1, -0.05) is 18.2 Å². The monoisotopic (exact) mass is 266 g/mol. The van der Waals surface area contributed by atoms with E-state index in [4.69, 9.17) is 4.74 Å². The fourth-order valence-corrected chi connectivity index (χ4v) is 2.46. The summed E-state index contributed by atoms with van der Waals surface area (Å²) in [6, 6.07) is 11.4. The largest absolute Gasteiger partial charge is 0.491 e. The van der Waals surface area contributed by atoms with Gasteiger partial charge in [0.15, 0.2) is 5.75 Å². The lowest BCUT2D eigenvalue weighted by Crippen LogP contribution is -2.11. The fourth-order valence-electron chi connectivity index (χ4n) is 2.46. The lowest BCUT2D eigenvalue weighted by atomic mass is 10.0. The Kier molecular flexibility index (Phi) is 2.99. The van der Waals surface area contributed by atoms with Gasteiger partial charge in [-0.3, -0.25) is 9.78 Å². The van der Waals surface area contributed by atoms with Crippen molar-refractivity contribution in [3.8, 4) is 17.0 Å². The molecule has 100 valence electrons. The first kappa shape index (κ1) is 12.4. The number of nitrogens with zero attached hydrogens (tertiary/aromatic N) is 1. The Labute approximate surface area is 116 Å².